The number of nitrogens with two attached hydrogens (primary N) is 1. The minimum atomic E-state index is -0.0758. The highest BCUT2D eigenvalue weighted by atomic mass is 79.9. The molecule has 0 aliphatic rings. The number of hydrogen-bond acceptors (Lipinski definition) is 3. The lowest BCUT2D eigenvalue weighted by molar-refractivity contribution is 0.301. The smallest absolute Gasteiger partial charge is 0.124 e. The number of benzene rings is 1. The van der Waals surface area contributed by atoms with Crippen molar-refractivity contribution in [3.8, 4) is 5.75 Å². The van der Waals surface area contributed by atoms with Gasteiger partial charge in [-0.05, 0) is 47.1 Å². The van der Waals surface area contributed by atoms with E-state index in [1.165, 1.54) is 0 Å². The average Bonchev–Trinajstić information content (AvgIpc) is 2.37. The van der Waals surface area contributed by atoms with Crippen molar-refractivity contribution in [2.75, 3.05) is 0 Å². The van der Waals surface area contributed by atoms with Crippen LogP contribution >= 0.6 is 31.9 Å². The summed E-state index contributed by atoms with van der Waals surface area (Å²) >= 11 is 6.83. The van der Waals surface area contributed by atoms with Crippen LogP contribution in [0.15, 0.2) is 45.6 Å². The normalized spacial score (nSPS) is 12.2. The summed E-state index contributed by atoms with van der Waals surface area (Å²) in [4.78, 5) is 4.11. The SMILES string of the molecule is CC(N)c1cc(Br)ccc1OCc1cncc(Br)c1. The van der Waals surface area contributed by atoms with Gasteiger partial charge in [0.25, 0.3) is 0 Å². The maximum Gasteiger partial charge on any atom is 0.124 e. The van der Waals surface area contributed by atoms with Crippen LogP contribution in [0.2, 0.25) is 0 Å². The van der Waals surface area contributed by atoms with E-state index in [0.717, 1.165) is 25.8 Å². The van der Waals surface area contributed by atoms with Gasteiger partial charge in [-0.15, -0.1) is 0 Å². The molecule has 0 bridgehead atoms. The van der Waals surface area contributed by atoms with E-state index >= 15 is 0 Å². The van der Waals surface area contributed by atoms with Gasteiger partial charge in [-0.25, -0.2) is 0 Å². The molecule has 1 atom stereocenters. The zero-order chi connectivity index (χ0) is 13.8. The molecular weight excluding hydrogens is 372 g/mol. The molecule has 5 heteroatoms. The fraction of sp³-hybridized carbons (Fsp3) is 0.214. The molecule has 1 heterocycles. The Bertz CT molecular complexity index is 573. The predicted molar refractivity (Wildman–Crippen MR) is 83.0 cm³/mol. The van der Waals surface area contributed by atoms with Gasteiger partial charge in [-0.1, -0.05) is 15.9 Å². The Kier molecular flexibility index (Phi) is 4.96. The van der Waals surface area contributed by atoms with Gasteiger partial charge in [0.2, 0.25) is 0 Å². The van der Waals surface area contributed by atoms with E-state index in [-0.39, 0.29) is 6.04 Å². The molecular formula is C14H14Br2N2O. The standard InChI is InChI=1S/C14H14Br2N2O/c1-9(17)13-5-11(15)2-3-14(13)19-8-10-4-12(16)7-18-6-10/h2-7,9H,8,17H2,1H3. The van der Waals surface area contributed by atoms with Crippen molar-refractivity contribution < 1.29 is 4.74 Å². The van der Waals surface area contributed by atoms with Crippen LogP contribution in [0.3, 0.4) is 0 Å². The predicted octanol–water partition coefficient (Wildman–Crippen LogP) is 4.21. The summed E-state index contributed by atoms with van der Waals surface area (Å²) < 4.78 is 7.77. The van der Waals surface area contributed by atoms with Crippen LogP contribution < -0.4 is 10.5 Å². The van der Waals surface area contributed by atoms with Gasteiger partial charge < -0.3 is 10.5 Å². The molecule has 0 fully saturated rings. The van der Waals surface area contributed by atoms with Crippen molar-refractivity contribution in [2.45, 2.75) is 19.6 Å². The Morgan fingerprint density at radius 3 is 2.68 bits per heavy atom. The van der Waals surface area contributed by atoms with Crippen molar-refractivity contribution in [1.29, 1.82) is 0 Å². The third kappa shape index (κ3) is 4.03. The first-order valence-corrected chi connectivity index (χ1v) is 7.42. The van der Waals surface area contributed by atoms with Crippen LogP contribution in [0.1, 0.15) is 24.1 Å². The number of hydrogen-bond donors (Lipinski definition) is 1. The zero-order valence-electron chi connectivity index (χ0n) is 10.4. The maximum atomic E-state index is 5.96. The van der Waals surface area contributed by atoms with Crippen LogP contribution in [0, 0.1) is 0 Å². The average molecular weight is 386 g/mol. The fourth-order valence-electron chi connectivity index (χ4n) is 1.70. The summed E-state index contributed by atoms with van der Waals surface area (Å²) in [6, 6.07) is 7.76. The van der Waals surface area contributed by atoms with E-state index in [9.17, 15) is 0 Å². The molecule has 0 radical (unpaired) electrons. The lowest BCUT2D eigenvalue weighted by Gasteiger charge is -2.14. The highest BCUT2D eigenvalue weighted by Crippen LogP contribution is 2.28. The van der Waals surface area contributed by atoms with Crippen molar-refractivity contribution in [1.82, 2.24) is 4.98 Å². The molecule has 1 aromatic heterocycles. The van der Waals surface area contributed by atoms with E-state index in [0.29, 0.717) is 6.61 Å². The summed E-state index contributed by atoms with van der Waals surface area (Å²) in [7, 11) is 0. The summed E-state index contributed by atoms with van der Waals surface area (Å²) in [6.45, 7) is 2.41. The van der Waals surface area contributed by atoms with E-state index in [4.69, 9.17) is 10.5 Å². The Morgan fingerprint density at radius 1 is 1.21 bits per heavy atom. The maximum absolute atomic E-state index is 5.96. The summed E-state index contributed by atoms with van der Waals surface area (Å²) in [6.07, 6.45) is 3.53. The quantitative estimate of drug-likeness (QED) is 0.857. The molecule has 2 rings (SSSR count). The Morgan fingerprint density at radius 2 is 2.00 bits per heavy atom. The Labute approximate surface area is 129 Å². The first-order valence-electron chi connectivity index (χ1n) is 5.83. The number of rotatable bonds is 4. The van der Waals surface area contributed by atoms with Gasteiger partial charge in [0.1, 0.15) is 12.4 Å². The van der Waals surface area contributed by atoms with Crippen LogP contribution in [0.25, 0.3) is 0 Å². The van der Waals surface area contributed by atoms with E-state index < -0.39 is 0 Å². The highest BCUT2D eigenvalue weighted by molar-refractivity contribution is 9.10. The molecule has 2 aromatic rings. The summed E-state index contributed by atoms with van der Waals surface area (Å²) in [5.74, 6) is 0.804. The van der Waals surface area contributed by atoms with E-state index in [1.54, 1.807) is 12.4 Å². The van der Waals surface area contributed by atoms with Crippen molar-refractivity contribution in [3.05, 3.63) is 56.7 Å². The second-order valence-corrected chi connectivity index (χ2v) is 6.10. The fourth-order valence-corrected chi connectivity index (χ4v) is 2.49. The van der Waals surface area contributed by atoms with Crippen LogP contribution in [-0.4, -0.2) is 4.98 Å². The molecule has 19 heavy (non-hydrogen) atoms. The zero-order valence-corrected chi connectivity index (χ0v) is 13.6. The first-order chi connectivity index (χ1) is 9.06. The van der Waals surface area contributed by atoms with Crippen LogP contribution in [-0.2, 0) is 6.61 Å². The third-order valence-corrected chi connectivity index (χ3v) is 3.55. The minimum Gasteiger partial charge on any atom is -0.489 e. The van der Waals surface area contributed by atoms with Gasteiger partial charge in [0.15, 0.2) is 0 Å². The number of halogens is 2. The number of nitrogens with zero attached hydrogens (tertiary/aromatic N) is 1. The minimum absolute atomic E-state index is 0.0758. The van der Waals surface area contributed by atoms with Gasteiger partial charge in [-0.3, -0.25) is 4.98 Å². The number of aromatic nitrogens is 1. The molecule has 0 saturated heterocycles. The molecule has 1 unspecified atom stereocenters. The molecule has 3 nitrogen and oxygen atoms in total. The molecule has 100 valence electrons. The third-order valence-electron chi connectivity index (χ3n) is 2.62. The Balaban J connectivity index is 2.15. The summed E-state index contributed by atoms with van der Waals surface area (Å²) in [5, 5.41) is 0. The van der Waals surface area contributed by atoms with E-state index in [2.05, 4.69) is 36.8 Å². The van der Waals surface area contributed by atoms with Gasteiger partial charge >= 0.3 is 0 Å². The van der Waals surface area contributed by atoms with Gasteiger partial charge in [-0.2, -0.15) is 0 Å². The second-order valence-electron chi connectivity index (χ2n) is 4.27. The van der Waals surface area contributed by atoms with Crippen molar-refractivity contribution >= 4 is 31.9 Å². The van der Waals surface area contributed by atoms with Gasteiger partial charge in [0.05, 0.1) is 0 Å². The van der Waals surface area contributed by atoms with Crippen molar-refractivity contribution in [2.24, 2.45) is 5.73 Å². The lowest BCUT2D eigenvalue weighted by atomic mass is 10.1. The highest BCUT2D eigenvalue weighted by Gasteiger charge is 2.09. The number of ether oxygens (including phenoxy) is 1. The van der Waals surface area contributed by atoms with Crippen molar-refractivity contribution in [3.63, 3.8) is 0 Å². The molecule has 0 saturated carbocycles. The Hall–Kier alpha value is -0.910. The molecule has 0 spiro atoms. The lowest BCUT2D eigenvalue weighted by Crippen LogP contribution is -2.08. The monoisotopic (exact) mass is 384 g/mol. The van der Waals surface area contributed by atoms with Crippen LogP contribution in [0.5, 0.6) is 5.75 Å². The van der Waals surface area contributed by atoms with Gasteiger partial charge in [0, 0.05) is 38.5 Å². The molecule has 1 aromatic carbocycles. The molecule has 0 aliphatic heterocycles. The largest absolute Gasteiger partial charge is 0.489 e. The molecule has 2 N–H and O–H groups in total. The van der Waals surface area contributed by atoms with E-state index in [1.807, 2.05) is 31.2 Å². The topological polar surface area (TPSA) is 48.1 Å². The molecule has 0 aliphatic carbocycles. The first kappa shape index (κ1) is 14.5. The summed E-state index contributed by atoms with van der Waals surface area (Å²) in [5.41, 5.74) is 7.95. The molecule has 0 amide bonds. The second kappa shape index (κ2) is 6.50. The van der Waals surface area contributed by atoms with Crippen LogP contribution in [0.4, 0.5) is 0 Å². The number of pyridine rings is 1.